The molecule has 0 atom stereocenters. The lowest BCUT2D eigenvalue weighted by Crippen LogP contribution is -2.20. The van der Waals surface area contributed by atoms with Crippen LogP contribution in [0.4, 0.5) is 11.4 Å². The van der Waals surface area contributed by atoms with Gasteiger partial charge in [-0.25, -0.2) is 0 Å². The molecule has 1 aromatic carbocycles. The van der Waals surface area contributed by atoms with E-state index in [4.69, 9.17) is 5.73 Å². The van der Waals surface area contributed by atoms with Gasteiger partial charge in [-0.15, -0.1) is 0 Å². The van der Waals surface area contributed by atoms with Crippen molar-refractivity contribution in [2.45, 2.75) is 27.2 Å². The summed E-state index contributed by atoms with van der Waals surface area (Å²) >= 11 is 0. The molecule has 0 bridgehead atoms. The van der Waals surface area contributed by atoms with Crippen molar-refractivity contribution in [1.82, 2.24) is 0 Å². The van der Waals surface area contributed by atoms with E-state index in [-0.39, 0.29) is 0 Å². The largest absolute Gasteiger partial charge is 0.399 e. The fraction of sp³-hybridized carbons (Fsp3) is 0.538. The third-order valence-electron chi connectivity index (χ3n) is 2.69. The monoisotopic (exact) mass is 206 g/mol. The molecule has 0 unspecified atom stereocenters. The highest BCUT2D eigenvalue weighted by atomic mass is 15.1. The van der Waals surface area contributed by atoms with Crippen molar-refractivity contribution in [3.8, 4) is 0 Å². The second-order valence-electron chi connectivity index (χ2n) is 4.65. The molecule has 84 valence electrons. The van der Waals surface area contributed by atoms with Crippen molar-refractivity contribution < 1.29 is 0 Å². The van der Waals surface area contributed by atoms with E-state index in [1.807, 2.05) is 6.07 Å². The zero-order valence-electron chi connectivity index (χ0n) is 10.2. The number of anilines is 2. The van der Waals surface area contributed by atoms with Crippen LogP contribution in [0, 0.1) is 12.8 Å². The smallest absolute Gasteiger partial charge is 0.0413 e. The van der Waals surface area contributed by atoms with Crippen LogP contribution < -0.4 is 10.6 Å². The molecule has 2 nitrogen and oxygen atoms in total. The third kappa shape index (κ3) is 3.46. The molecule has 0 radical (unpaired) electrons. The molecule has 2 heteroatoms. The Labute approximate surface area is 93.1 Å². The first-order chi connectivity index (χ1) is 7.00. The van der Waals surface area contributed by atoms with Crippen LogP contribution in [0.25, 0.3) is 0 Å². The van der Waals surface area contributed by atoms with Gasteiger partial charge in [0.25, 0.3) is 0 Å². The molecule has 1 aromatic rings. The van der Waals surface area contributed by atoms with Gasteiger partial charge in [0.05, 0.1) is 0 Å². The molecule has 2 N–H and O–H groups in total. The SMILES string of the molecule is Cc1ccc(N)cc1N(C)CCC(C)C. The van der Waals surface area contributed by atoms with E-state index in [0.29, 0.717) is 0 Å². The first kappa shape index (κ1) is 11.9. The molecule has 0 aliphatic rings. The van der Waals surface area contributed by atoms with Crippen LogP contribution in [0.5, 0.6) is 0 Å². The summed E-state index contributed by atoms with van der Waals surface area (Å²) in [6, 6.07) is 6.08. The Morgan fingerprint density at radius 3 is 2.60 bits per heavy atom. The van der Waals surface area contributed by atoms with E-state index in [0.717, 1.165) is 18.2 Å². The average Bonchev–Trinajstić information content (AvgIpc) is 2.18. The summed E-state index contributed by atoms with van der Waals surface area (Å²) in [5, 5.41) is 0. The van der Waals surface area contributed by atoms with Crippen molar-refractivity contribution in [3.05, 3.63) is 23.8 Å². The molecule has 15 heavy (non-hydrogen) atoms. The van der Waals surface area contributed by atoms with Gasteiger partial charge in [0.15, 0.2) is 0 Å². The summed E-state index contributed by atoms with van der Waals surface area (Å²) in [6.07, 6.45) is 1.21. The minimum Gasteiger partial charge on any atom is -0.399 e. The zero-order chi connectivity index (χ0) is 11.4. The summed E-state index contributed by atoms with van der Waals surface area (Å²) in [7, 11) is 2.13. The van der Waals surface area contributed by atoms with Gasteiger partial charge in [0.1, 0.15) is 0 Å². The van der Waals surface area contributed by atoms with Crippen molar-refractivity contribution in [1.29, 1.82) is 0 Å². The second-order valence-corrected chi connectivity index (χ2v) is 4.65. The lowest BCUT2D eigenvalue weighted by atomic mass is 10.1. The Kier molecular flexibility index (Phi) is 4.01. The van der Waals surface area contributed by atoms with E-state index in [1.165, 1.54) is 17.7 Å². The van der Waals surface area contributed by atoms with Crippen molar-refractivity contribution in [2.24, 2.45) is 5.92 Å². The fourth-order valence-corrected chi connectivity index (χ4v) is 1.61. The van der Waals surface area contributed by atoms with Gasteiger partial charge in [-0.2, -0.15) is 0 Å². The maximum Gasteiger partial charge on any atom is 0.0413 e. The molecule has 0 saturated carbocycles. The minimum absolute atomic E-state index is 0.744. The predicted octanol–water partition coefficient (Wildman–Crippen LogP) is 3.06. The number of aryl methyl sites for hydroxylation is 1. The van der Waals surface area contributed by atoms with E-state index < -0.39 is 0 Å². The van der Waals surface area contributed by atoms with Gasteiger partial charge in [0, 0.05) is 25.0 Å². The summed E-state index contributed by atoms with van der Waals surface area (Å²) < 4.78 is 0. The predicted molar refractivity (Wildman–Crippen MR) is 68.3 cm³/mol. The van der Waals surface area contributed by atoms with Crippen LogP contribution >= 0.6 is 0 Å². The number of nitrogens with zero attached hydrogens (tertiary/aromatic N) is 1. The van der Waals surface area contributed by atoms with E-state index in [2.05, 4.69) is 44.9 Å². The van der Waals surface area contributed by atoms with Gasteiger partial charge in [-0.3, -0.25) is 0 Å². The van der Waals surface area contributed by atoms with E-state index in [1.54, 1.807) is 0 Å². The van der Waals surface area contributed by atoms with Gasteiger partial charge in [0.2, 0.25) is 0 Å². The molecule has 0 heterocycles. The molecule has 0 fully saturated rings. The molecule has 0 aliphatic heterocycles. The van der Waals surface area contributed by atoms with Crippen LogP contribution in [-0.2, 0) is 0 Å². The van der Waals surface area contributed by atoms with Crippen molar-refractivity contribution >= 4 is 11.4 Å². The molecule has 0 saturated heterocycles. The molecule has 1 rings (SSSR count). The highest BCUT2D eigenvalue weighted by Gasteiger charge is 2.05. The maximum absolute atomic E-state index is 5.79. The Morgan fingerprint density at radius 2 is 2.00 bits per heavy atom. The van der Waals surface area contributed by atoms with E-state index in [9.17, 15) is 0 Å². The van der Waals surface area contributed by atoms with Crippen LogP contribution in [0.1, 0.15) is 25.8 Å². The van der Waals surface area contributed by atoms with Gasteiger partial charge in [-0.05, 0) is 37.0 Å². The average molecular weight is 206 g/mol. The van der Waals surface area contributed by atoms with Crippen LogP contribution in [0.2, 0.25) is 0 Å². The summed E-state index contributed by atoms with van der Waals surface area (Å²) in [5.41, 5.74) is 9.17. The zero-order valence-corrected chi connectivity index (χ0v) is 10.2. The maximum atomic E-state index is 5.79. The van der Waals surface area contributed by atoms with Gasteiger partial charge in [-0.1, -0.05) is 19.9 Å². The molecule has 0 amide bonds. The van der Waals surface area contributed by atoms with Crippen LogP contribution in [0.15, 0.2) is 18.2 Å². The first-order valence-corrected chi connectivity index (χ1v) is 5.58. The Bertz CT molecular complexity index is 318. The third-order valence-corrected chi connectivity index (χ3v) is 2.69. The van der Waals surface area contributed by atoms with Gasteiger partial charge >= 0.3 is 0 Å². The normalized spacial score (nSPS) is 10.7. The Morgan fingerprint density at radius 1 is 1.33 bits per heavy atom. The number of nitrogen functional groups attached to an aromatic ring is 1. The molecule has 0 aliphatic carbocycles. The second kappa shape index (κ2) is 5.06. The number of hydrogen-bond donors (Lipinski definition) is 1. The molecule has 0 spiro atoms. The van der Waals surface area contributed by atoms with Crippen LogP contribution in [-0.4, -0.2) is 13.6 Å². The highest BCUT2D eigenvalue weighted by molar-refractivity contribution is 5.60. The van der Waals surface area contributed by atoms with Crippen molar-refractivity contribution in [3.63, 3.8) is 0 Å². The number of hydrogen-bond acceptors (Lipinski definition) is 2. The lowest BCUT2D eigenvalue weighted by molar-refractivity contribution is 0.585. The Hall–Kier alpha value is -1.18. The quantitative estimate of drug-likeness (QED) is 0.767. The lowest BCUT2D eigenvalue weighted by Gasteiger charge is -2.22. The minimum atomic E-state index is 0.744. The standard InChI is InChI=1S/C13H22N2/c1-10(2)7-8-15(4)13-9-12(14)6-5-11(13)3/h5-6,9-10H,7-8,14H2,1-4H3. The summed E-state index contributed by atoms with van der Waals surface area (Å²) in [4.78, 5) is 2.28. The Balaban J connectivity index is 2.72. The molecular formula is C13H22N2. The molecular weight excluding hydrogens is 184 g/mol. The summed E-state index contributed by atoms with van der Waals surface area (Å²) in [5.74, 6) is 0.744. The fourth-order valence-electron chi connectivity index (χ4n) is 1.61. The van der Waals surface area contributed by atoms with Crippen LogP contribution in [0.3, 0.4) is 0 Å². The summed E-state index contributed by atoms with van der Waals surface area (Å²) in [6.45, 7) is 7.71. The topological polar surface area (TPSA) is 29.3 Å². The first-order valence-electron chi connectivity index (χ1n) is 5.58. The number of rotatable bonds is 4. The van der Waals surface area contributed by atoms with E-state index >= 15 is 0 Å². The number of nitrogens with two attached hydrogens (primary N) is 1. The highest BCUT2D eigenvalue weighted by Crippen LogP contribution is 2.22. The number of benzene rings is 1. The van der Waals surface area contributed by atoms with Gasteiger partial charge < -0.3 is 10.6 Å². The molecule has 0 aromatic heterocycles. The van der Waals surface area contributed by atoms with Crippen molar-refractivity contribution in [2.75, 3.05) is 24.2 Å².